The highest BCUT2D eigenvalue weighted by Gasteiger charge is 2.29. The van der Waals surface area contributed by atoms with Gasteiger partial charge in [-0.3, -0.25) is 0 Å². The molecule has 0 spiro atoms. The summed E-state index contributed by atoms with van der Waals surface area (Å²) in [5.41, 5.74) is 0.399. The Bertz CT molecular complexity index is 473. The zero-order valence-electron chi connectivity index (χ0n) is 12.1. The van der Waals surface area contributed by atoms with Crippen LogP contribution in [0.25, 0.3) is 0 Å². The quantitative estimate of drug-likeness (QED) is 0.760. The number of nitrogens with one attached hydrogen (secondary N) is 1. The van der Waals surface area contributed by atoms with E-state index in [1.807, 2.05) is 18.2 Å². The molecule has 1 aromatic carbocycles. The molecule has 0 saturated carbocycles. The van der Waals surface area contributed by atoms with Crippen molar-refractivity contribution in [2.24, 2.45) is 0 Å². The molecule has 1 saturated heterocycles. The first-order valence-electron chi connectivity index (χ1n) is 7.16. The molecule has 116 valence electrons. The molecule has 0 bridgehead atoms. The molecule has 0 radical (unpaired) electrons. The van der Waals surface area contributed by atoms with E-state index >= 15 is 0 Å². The standard InChI is InChI=1S/C16H22ClNO3/c1-2-7-21-15-4-3-13(10-14(15)17)11-18-12-16(19)5-8-20-9-6-16/h2-4,10,18-19H,1,5-9,11-12H2. The van der Waals surface area contributed by atoms with Crippen LogP contribution < -0.4 is 10.1 Å². The van der Waals surface area contributed by atoms with Crippen LogP contribution in [0, 0.1) is 0 Å². The molecule has 1 fully saturated rings. The summed E-state index contributed by atoms with van der Waals surface area (Å²) in [4.78, 5) is 0. The molecule has 0 aromatic heterocycles. The minimum Gasteiger partial charge on any atom is -0.488 e. The third-order valence-electron chi connectivity index (χ3n) is 3.56. The Balaban J connectivity index is 1.83. The minimum atomic E-state index is -0.658. The van der Waals surface area contributed by atoms with Crippen LogP contribution >= 0.6 is 11.6 Å². The SMILES string of the molecule is C=CCOc1ccc(CNCC2(O)CCOCC2)cc1Cl. The number of ether oxygens (including phenoxy) is 2. The molecule has 1 aromatic rings. The van der Waals surface area contributed by atoms with Gasteiger partial charge in [-0.2, -0.15) is 0 Å². The van der Waals surface area contributed by atoms with Gasteiger partial charge in [0.05, 0.1) is 10.6 Å². The highest BCUT2D eigenvalue weighted by Crippen LogP contribution is 2.25. The van der Waals surface area contributed by atoms with Crippen LogP contribution in [0.2, 0.25) is 5.02 Å². The lowest BCUT2D eigenvalue weighted by Crippen LogP contribution is -2.44. The maximum absolute atomic E-state index is 10.3. The average Bonchev–Trinajstić information content (AvgIpc) is 2.47. The normalized spacial score (nSPS) is 17.4. The van der Waals surface area contributed by atoms with Crippen molar-refractivity contribution in [1.82, 2.24) is 5.32 Å². The molecule has 1 aliphatic rings. The van der Waals surface area contributed by atoms with Gasteiger partial charge in [0.15, 0.2) is 0 Å². The predicted octanol–water partition coefficient (Wildman–Crippen LogP) is 2.54. The maximum Gasteiger partial charge on any atom is 0.138 e. The summed E-state index contributed by atoms with van der Waals surface area (Å²) in [6.45, 7) is 6.50. The van der Waals surface area contributed by atoms with Crippen molar-refractivity contribution in [3.63, 3.8) is 0 Å². The molecule has 1 aliphatic heterocycles. The first-order valence-corrected chi connectivity index (χ1v) is 7.54. The highest BCUT2D eigenvalue weighted by atomic mass is 35.5. The van der Waals surface area contributed by atoms with Crippen molar-refractivity contribution < 1.29 is 14.6 Å². The number of benzene rings is 1. The van der Waals surface area contributed by atoms with Gasteiger partial charge < -0.3 is 19.9 Å². The Morgan fingerprint density at radius 2 is 2.19 bits per heavy atom. The van der Waals surface area contributed by atoms with Gasteiger partial charge in [0.25, 0.3) is 0 Å². The van der Waals surface area contributed by atoms with Gasteiger partial charge in [-0.25, -0.2) is 0 Å². The highest BCUT2D eigenvalue weighted by molar-refractivity contribution is 6.32. The van der Waals surface area contributed by atoms with Gasteiger partial charge >= 0.3 is 0 Å². The summed E-state index contributed by atoms with van der Waals surface area (Å²) in [5, 5.41) is 14.2. The largest absolute Gasteiger partial charge is 0.488 e. The minimum absolute atomic E-state index is 0.437. The van der Waals surface area contributed by atoms with Gasteiger partial charge in [0.2, 0.25) is 0 Å². The van der Waals surface area contributed by atoms with Crippen LogP contribution in [-0.4, -0.2) is 37.1 Å². The second-order valence-corrected chi connectivity index (χ2v) is 5.71. The second-order valence-electron chi connectivity index (χ2n) is 5.30. The second kappa shape index (κ2) is 7.80. The summed E-state index contributed by atoms with van der Waals surface area (Å²) in [7, 11) is 0. The lowest BCUT2D eigenvalue weighted by Gasteiger charge is -2.32. The molecule has 0 unspecified atom stereocenters. The molecule has 0 atom stereocenters. The molecule has 2 rings (SSSR count). The molecule has 21 heavy (non-hydrogen) atoms. The van der Waals surface area contributed by atoms with E-state index in [0.29, 0.717) is 56.5 Å². The zero-order valence-corrected chi connectivity index (χ0v) is 12.9. The fourth-order valence-corrected chi connectivity index (χ4v) is 2.55. The van der Waals surface area contributed by atoms with E-state index in [2.05, 4.69) is 11.9 Å². The van der Waals surface area contributed by atoms with Crippen LogP contribution in [0.5, 0.6) is 5.75 Å². The van der Waals surface area contributed by atoms with Crippen LogP contribution in [0.15, 0.2) is 30.9 Å². The fraction of sp³-hybridized carbons (Fsp3) is 0.500. The first kappa shape index (κ1) is 16.3. The molecule has 2 N–H and O–H groups in total. The Morgan fingerprint density at radius 3 is 2.86 bits per heavy atom. The van der Waals surface area contributed by atoms with Crippen molar-refractivity contribution >= 4 is 11.6 Å². The molecule has 0 aliphatic carbocycles. The van der Waals surface area contributed by atoms with Gasteiger partial charge in [-0.15, -0.1) is 0 Å². The maximum atomic E-state index is 10.3. The van der Waals surface area contributed by atoms with E-state index in [9.17, 15) is 5.11 Å². The zero-order chi connectivity index (χ0) is 15.1. The molecular formula is C16H22ClNO3. The van der Waals surface area contributed by atoms with Crippen molar-refractivity contribution in [2.75, 3.05) is 26.4 Å². The monoisotopic (exact) mass is 311 g/mol. The summed E-state index contributed by atoms with van der Waals surface area (Å²) in [6, 6.07) is 5.69. The third-order valence-corrected chi connectivity index (χ3v) is 3.86. The van der Waals surface area contributed by atoms with Crippen molar-refractivity contribution in [1.29, 1.82) is 0 Å². The number of hydrogen-bond acceptors (Lipinski definition) is 4. The Hall–Kier alpha value is -1.07. The van der Waals surface area contributed by atoms with E-state index in [1.165, 1.54) is 0 Å². The van der Waals surface area contributed by atoms with Crippen LogP contribution in [0.4, 0.5) is 0 Å². The Kier molecular flexibility index (Phi) is 6.06. The lowest BCUT2D eigenvalue weighted by molar-refractivity contribution is -0.0617. The van der Waals surface area contributed by atoms with Gasteiger partial charge in [0, 0.05) is 39.1 Å². The van der Waals surface area contributed by atoms with Gasteiger partial charge in [0.1, 0.15) is 12.4 Å². The molecule has 0 amide bonds. The molecule has 4 nitrogen and oxygen atoms in total. The van der Waals surface area contributed by atoms with E-state index in [0.717, 1.165) is 5.56 Å². The van der Waals surface area contributed by atoms with Crippen molar-refractivity contribution in [3.8, 4) is 5.75 Å². The van der Waals surface area contributed by atoms with E-state index in [-0.39, 0.29) is 0 Å². The Morgan fingerprint density at radius 1 is 1.43 bits per heavy atom. The van der Waals surface area contributed by atoms with Crippen LogP contribution in [0.3, 0.4) is 0 Å². The van der Waals surface area contributed by atoms with Crippen molar-refractivity contribution in [3.05, 3.63) is 41.4 Å². The topological polar surface area (TPSA) is 50.7 Å². The first-order chi connectivity index (χ1) is 10.1. The fourth-order valence-electron chi connectivity index (χ4n) is 2.29. The smallest absolute Gasteiger partial charge is 0.138 e. The van der Waals surface area contributed by atoms with Crippen LogP contribution in [0.1, 0.15) is 18.4 Å². The van der Waals surface area contributed by atoms with E-state index in [4.69, 9.17) is 21.1 Å². The summed E-state index contributed by atoms with van der Waals surface area (Å²) >= 11 is 6.17. The predicted molar refractivity (Wildman–Crippen MR) is 83.9 cm³/mol. The summed E-state index contributed by atoms with van der Waals surface area (Å²) in [5.74, 6) is 0.656. The third kappa shape index (κ3) is 5.00. The van der Waals surface area contributed by atoms with Crippen molar-refractivity contribution in [2.45, 2.75) is 25.0 Å². The molecular weight excluding hydrogens is 290 g/mol. The average molecular weight is 312 g/mol. The van der Waals surface area contributed by atoms with E-state index < -0.39 is 5.60 Å². The summed E-state index contributed by atoms with van der Waals surface area (Å²) < 4.78 is 10.7. The summed E-state index contributed by atoms with van der Waals surface area (Å²) in [6.07, 6.45) is 3.03. The number of rotatable bonds is 7. The van der Waals surface area contributed by atoms with Gasteiger partial charge in [-0.05, 0) is 17.7 Å². The lowest BCUT2D eigenvalue weighted by atomic mass is 9.94. The molecule has 1 heterocycles. The number of aliphatic hydroxyl groups is 1. The molecule has 5 heteroatoms. The van der Waals surface area contributed by atoms with Gasteiger partial charge in [-0.1, -0.05) is 30.3 Å². The number of hydrogen-bond donors (Lipinski definition) is 2. The van der Waals surface area contributed by atoms with E-state index in [1.54, 1.807) is 6.08 Å². The Labute approximate surface area is 130 Å². The number of halogens is 1. The van der Waals surface area contributed by atoms with Crippen LogP contribution in [-0.2, 0) is 11.3 Å².